The molecule has 0 aliphatic carbocycles. The van der Waals surface area contributed by atoms with Crippen LogP contribution in [0.1, 0.15) is 12.5 Å². The molecule has 0 bridgehead atoms. The summed E-state index contributed by atoms with van der Waals surface area (Å²) in [7, 11) is 3.74. The molecule has 0 amide bonds. The van der Waals surface area contributed by atoms with Gasteiger partial charge in [0.1, 0.15) is 5.82 Å². The van der Waals surface area contributed by atoms with Crippen molar-refractivity contribution < 1.29 is 4.39 Å². The zero-order valence-electron chi connectivity index (χ0n) is 12.4. The number of rotatable bonds is 6. The summed E-state index contributed by atoms with van der Waals surface area (Å²) in [6, 6.07) is 6.31. The highest BCUT2D eigenvalue weighted by Gasteiger charge is 2.07. The van der Waals surface area contributed by atoms with E-state index >= 15 is 0 Å². The van der Waals surface area contributed by atoms with Gasteiger partial charge < -0.3 is 15.5 Å². The largest absolute Gasteiger partial charge is 0.354 e. The molecule has 0 aliphatic rings. The molecule has 21 heavy (non-hydrogen) atoms. The molecule has 2 aromatic rings. The van der Waals surface area contributed by atoms with E-state index < -0.39 is 0 Å². The summed E-state index contributed by atoms with van der Waals surface area (Å²) >= 11 is 0. The zero-order chi connectivity index (χ0) is 15.2. The Hall–Kier alpha value is -2.44. The Labute approximate surface area is 123 Å². The van der Waals surface area contributed by atoms with E-state index in [1.807, 2.05) is 25.9 Å². The number of halogens is 1. The van der Waals surface area contributed by atoms with Crippen molar-refractivity contribution >= 4 is 17.8 Å². The van der Waals surface area contributed by atoms with Crippen LogP contribution in [0.4, 0.5) is 22.2 Å². The number of nitrogens with zero attached hydrogens (tertiary/aromatic N) is 4. The van der Waals surface area contributed by atoms with E-state index in [0.29, 0.717) is 24.4 Å². The third-order valence-electron chi connectivity index (χ3n) is 2.72. The number of aromatic nitrogens is 3. The van der Waals surface area contributed by atoms with Gasteiger partial charge in [-0.15, -0.1) is 0 Å². The summed E-state index contributed by atoms with van der Waals surface area (Å²) in [4.78, 5) is 14.7. The molecule has 0 fully saturated rings. The van der Waals surface area contributed by atoms with Crippen molar-refractivity contribution in [3.63, 3.8) is 0 Å². The zero-order valence-corrected chi connectivity index (χ0v) is 12.4. The van der Waals surface area contributed by atoms with E-state index in [-0.39, 0.29) is 5.82 Å². The van der Waals surface area contributed by atoms with Gasteiger partial charge in [-0.05, 0) is 24.6 Å². The Bertz CT molecular complexity index is 585. The average Bonchev–Trinajstić information content (AvgIpc) is 2.47. The second kappa shape index (κ2) is 6.83. The van der Waals surface area contributed by atoms with Crippen molar-refractivity contribution in [3.05, 3.63) is 35.6 Å². The topological polar surface area (TPSA) is 66.0 Å². The van der Waals surface area contributed by atoms with E-state index in [9.17, 15) is 4.39 Å². The first-order valence-corrected chi connectivity index (χ1v) is 6.74. The summed E-state index contributed by atoms with van der Waals surface area (Å²) in [5.41, 5.74) is 0.952. The van der Waals surface area contributed by atoms with Gasteiger partial charge in [0.15, 0.2) is 0 Å². The maximum absolute atomic E-state index is 12.9. The van der Waals surface area contributed by atoms with Crippen LogP contribution in [-0.4, -0.2) is 35.6 Å². The predicted molar refractivity (Wildman–Crippen MR) is 82.0 cm³/mol. The van der Waals surface area contributed by atoms with Gasteiger partial charge in [-0.25, -0.2) is 4.39 Å². The van der Waals surface area contributed by atoms with Crippen LogP contribution in [-0.2, 0) is 6.54 Å². The lowest BCUT2D eigenvalue weighted by Gasteiger charge is -2.13. The fraction of sp³-hybridized carbons (Fsp3) is 0.357. The summed E-state index contributed by atoms with van der Waals surface area (Å²) in [5.74, 6) is 1.33. The molecule has 0 unspecified atom stereocenters. The molecule has 6 nitrogen and oxygen atoms in total. The van der Waals surface area contributed by atoms with E-state index in [1.54, 1.807) is 12.1 Å². The molecule has 1 aromatic heterocycles. The number of nitrogens with one attached hydrogen (secondary N) is 2. The maximum Gasteiger partial charge on any atom is 0.231 e. The van der Waals surface area contributed by atoms with Gasteiger partial charge in [0.25, 0.3) is 0 Å². The van der Waals surface area contributed by atoms with Crippen LogP contribution in [0, 0.1) is 5.82 Å². The van der Waals surface area contributed by atoms with E-state index in [0.717, 1.165) is 12.1 Å². The summed E-state index contributed by atoms with van der Waals surface area (Å²) in [5, 5.41) is 6.19. The van der Waals surface area contributed by atoms with Crippen LogP contribution in [0.3, 0.4) is 0 Å². The molecule has 2 N–H and O–H groups in total. The normalized spacial score (nSPS) is 10.3. The van der Waals surface area contributed by atoms with E-state index in [4.69, 9.17) is 0 Å². The minimum atomic E-state index is -0.247. The van der Waals surface area contributed by atoms with Crippen molar-refractivity contribution in [2.24, 2.45) is 0 Å². The van der Waals surface area contributed by atoms with Gasteiger partial charge in [-0.3, -0.25) is 0 Å². The summed E-state index contributed by atoms with van der Waals surface area (Å²) in [6.45, 7) is 3.22. The highest BCUT2D eigenvalue weighted by molar-refractivity contribution is 5.43. The average molecular weight is 290 g/mol. The molecule has 0 atom stereocenters. The first-order chi connectivity index (χ1) is 10.1. The fourth-order valence-corrected chi connectivity index (χ4v) is 1.66. The standard InChI is InChI=1S/C14H19FN6/c1-4-16-12-18-13(20-14(19-12)21(2)3)17-9-10-5-7-11(15)8-6-10/h5-8H,4,9H2,1-3H3,(H2,16,17,18,19,20). The van der Waals surface area contributed by atoms with Crippen LogP contribution >= 0.6 is 0 Å². The Morgan fingerprint density at radius 2 is 1.62 bits per heavy atom. The van der Waals surface area contributed by atoms with Crippen LogP contribution in [0.2, 0.25) is 0 Å². The highest BCUT2D eigenvalue weighted by Crippen LogP contribution is 2.12. The Morgan fingerprint density at radius 1 is 1.00 bits per heavy atom. The second-order valence-corrected chi connectivity index (χ2v) is 4.69. The van der Waals surface area contributed by atoms with Gasteiger partial charge in [0.2, 0.25) is 17.8 Å². The van der Waals surface area contributed by atoms with E-state index in [1.165, 1.54) is 12.1 Å². The Balaban J connectivity index is 2.12. The first-order valence-electron chi connectivity index (χ1n) is 6.74. The Kier molecular flexibility index (Phi) is 4.86. The molecule has 0 aliphatic heterocycles. The molecule has 0 spiro atoms. The molecule has 1 aromatic carbocycles. The molecule has 0 saturated carbocycles. The van der Waals surface area contributed by atoms with Crippen molar-refractivity contribution in [1.82, 2.24) is 15.0 Å². The molecule has 0 radical (unpaired) electrons. The molecule has 112 valence electrons. The highest BCUT2D eigenvalue weighted by atomic mass is 19.1. The molecule has 1 heterocycles. The molecule has 2 rings (SSSR count). The lowest BCUT2D eigenvalue weighted by molar-refractivity contribution is 0.627. The first kappa shape index (κ1) is 15.0. The quantitative estimate of drug-likeness (QED) is 0.849. The third-order valence-corrected chi connectivity index (χ3v) is 2.72. The molecule has 7 heteroatoms. The van der Waals surface area contributed by atoms with Gasteiger partial charge in [-0.2, -0.15) is 15.0 Å². The van der Waals surface area contributed by atoms with Crippen LogP contribution < -0.4 is 15.5 Å². The van der Waals surface area contributed by atoms with Crippen LogP contribution in [0.15, 0.2) is 24.3 Å². The lowest BCUT2D eigenvalue weighted by Crippen LogP contribution is -2.17. The van der Waals surface area contributed by atoms with Crippen molar-refractivity contribution in [2.45, 2.75) is 13.5 Å². The van der Waals surface area contributed by atoms with Gasteiger partial charge in [0.05, 0.1) is 0 Å². The second-order valence-electron chi connectivity index (χ2n) is 4.69. The maximum atomic E-state index is 12.9. The van der Waals surface area contributed by atoms with Crippen molar-refractivity contribution in [1.29, 1.82) is 0 Å². The van der Waals surface area contributed by atoms with Crippen molar-refractivity contribution in [2.75, 3.05) is 36.2 Å². The number of benzene rings is 1. The third kappa shape index (κ3) is 4.27. The summed E-state index contributed by atoms with van der Waals surface area (Å²) in [6.07, 6.45) is 0. The molecular weight excluding hydrogens is 271 g/mol. The number of anilines is 3. The minimum absolute atomic E-state index is 0.247. The number of hydrogen-bond acceptors (Lipinski definition) is 6. The van der Waals surface area contributed by atoms with E-state index in [2.05, 4.69) is 25.6 Å². The van der Waals surface area contributed by atoms with Gasteiger partial charge in [0, 0.05) is 27.2 Å². The van der Waals surface area contributed by atoms with Crippen molar-refractivity contribution in [3.8, 4) is 0 Å². The van der Waals surface area contributed by atoms with Gasteiger partial charge >= 0.3 is 0 Å². The monoisotopic (exact) mass is 290 g/mol. The van der Waals surface area contributed by atoms with Crippen LogP contribution in [0.5, 0.6) is 0 Å². The van der Waals surface area contributed by atoms with Gasteiger partial charge in [-0.1, -0.05) is 12.1 Å². The smallest absolute Gasteiger partial charge is 0.231 e. The Morgan fingerprint density at radius 3 is 2.19 bits per heavy atom. The lowest BCUT2D eigenvalue weighted by atomic mass is 10.2. The predicted octanol–water partition coefficient (Wildman–Crippen LogP) is 2.12. The molecular formula is C14H19FN6. The van der Waals surface area contributed by atoms with Crippen LogP contribution in [0.25, 0.3) is 0 Å². The SMILES string of the molecule is CCNc1nc(NCc2ccc(F)cc2)nc(N(C)C)n1. The molecule has 0 saturated heterocycles. The fourth-order valence-electron chi connectivity index (χ4n) is 1.66. The summed E-state index contributed by atoms with van der Waals surface area (Å²) < 4.78 is 12.9. The number of hydrogen-bond donors (Lipinski definition) is 2. The minimum Gasteiger partial charge on any atom is -0.354 e.